The lowest BCUT2D eigenvalue weighted by molar-refractivity contribution is 0.0387. The number of carbonyl (C=O) groups is 1. The van der Waals surface area contributed by atoms with Gasteiger partial charge in [-0.25, -0.2) is 9.18 Å². The van der Waals surface area contributed by atoms with Gasteiger partial charge in [-0.2, -0.15) is 0 Å². The zero-order chi connectivity index (χ0) is 14.2. The Morgan fingerprint density at radius 1 is 1.30 bits per heavy atom. The largest absolute Gasteiger partial charge is 0.379 e. The first kappa shape index (κ1) is 14.7. The number of halogens is 1. The second kappa shape index (κ2) is 7.81. The Morgan fingerprint density at radius 3 is 2.85 bits per heavy atom. The summed E-state index contributed by atoms with van der Waals surface area (Å²) in [7, 11) is 0. The van der Waals surface area contributed by atoms with Crippen molar-refractivity contribution in [2.75, 3.05) is 39.4 Å². The first-order valence-corrected chi connectivity index (χ1v) is 6.80. The molecule has 1 heterocycles. The van der Waals surface area contributed by atoms with Crippen LogP contribution in [0, 0.1) is 5.82 Å². The van der Waals surface area contributed by atoms with Gasteiger partial charge in [-0.1, -0.05) is 12.1 Å². The van der Waals surface area contributed by atoms with Gasteiger partial charge >= 0.3 is 6.03 Å². The number of amides is 2. The molecule has 1 aromatic rings. The highest BCUT2D eigenvalue weighted by Gasteiger charge is 2.09. The molecule has 1 saturated heterocycles. The maximum Gasteiger partial charge on any atom is 0.315 e. The maximum absolute atomic E-state index is 13.0. The molecule has 110 valence electrons. The van der Waals surface area contributed by atoms with Crippen molar-refractivity contribution in [2.45, 2.75) is 6.54 Å². The van der Waals surface area contributed by atoms with Crippen LogP contribution in [0.15, 0.2) is 24.3 Å². The summed E-state index contributed by atoms with van der Waals surface area (Å²) in [5.74, 6) is -0.294. The zero-order valence-corrected chi connectivity index (χ0v) is 11.4. The quantitative estimate of drug-likeness (QED) is 0.845. The summed E-state index contributed by atoms with van der Waals surface area (Å²) < 4.78 is 18.2. The molecule has 2 N–H and O–H groups in total. The molecule has 20 heavy (non-hydrogen) atoms. The first-order chi connectivity index (χ1) is 9.74. The molecule has 1 aliphatic rings. The maximum atomic E-state index is 13.0. The van der Waals surface area contributed by atoms with E-state index in [1.807, 2.05) is 0 Å². The van der Waals surface area contributed by atoms with E-state index in [2.05, 4.69) is 15.5 Å². The number of hydrogen-bond acceptors (Lipinski definition) is 3. The normalized spacial score (nSPS) is 15.8. The van der Waals surface area contributed by atoms with E-state index in [1.54, 1.807) is 12.1 Å². The van der Waals surface area contributed by atoms with Gasteiger partial charge in [0.1, 0.15) is 5.82 Å². The van der Waals surface area contributed by atoms with Crippen LogP contribution in [0.4, 0.5) is 9.18 Å². The van der Waals surface area contributed by atoms with Crippen molar-refractivity contribution in [1.82, 2.24) is 15.5 Å². The molecule has 2 amide bonds. The fourth-order valence-corrected chi connectivity index (χ4v) is 2.04. The summed E-state index contributed by atoms with van der Waals surface area (Å²) >= 11 is 0. The van der Waals surface area contributed by atoms with E-state index >= 15 is 0 Å². The van der Waals surface area contributed by atoms with Gasteiger partial charge in [-0.3, -0.25) is 4.90 Å². The third-order valence-corrected chi connectivity index (χ3v) is 3.16. The van der Waals surface area contributed by atoms with Crippen molar-refractivity contribution in [3.63, 3.8) is 0 Å². The van der Waals surface area contributed by atoms with Crippen LogP contribution in [-0.4, -0.2) is 50.3 Å². The predicted octanol–water partition coefficient (Wildman–Crippen LogP) is 0.957. The molecule has 1 aromatic carbocycles. The Labute approximate surface area is 118 Å². The number of urea groups is 1. The molecule has 0 radical (unpaired) electrons. The molecule has 2 rings (SSSR count). The molecule has 0 aliphatic carbocycles. The van der Waals surface area contributed by atoms with Gasteiger partial charge in [0.05, 0.1) is 13.2 Å². The molecule has 0 saturated carbocycles. The van der Waals surface area contributed by atoms with Crippen LogP contribution in [0.5, 0.6) is 0 Å². The predicted molar refractivity (Wildman–Crippen MR) is 73.9 cm³/mol. The van der Waals surface area contributed by atoms with E-state index in [0.29, 0.717) is 13.1 Å². The van der Waals surface area contributed by atoms with E-state index < -0.39 is 0 Å². The van der Waals surface area contributed by atoms with Gasteiger partial charge in [0.25, 0.3) is 0 Å². The minimum Gasteiger partial charge on any atom is -0.379 e. The van der Waals surface area contributed by atoms with Gasteiger partial charge in [0.2, 0.25) is 0 Å². The Hall–Kier alpha value is -1.66. The molecule has 6 heteroatoms. The van der Waals surface area contributed by atoms with E-state index in [-0.39, 0.29) is 11.8 Å². The van der Waals surface area contributed by atoms with Crippen LogP contribution in [-0.2, 0) is 11.3 Å². The lowest BCUT2D eigenvalue weighted by atomic mass is 10.2. The SMILES string of the molecule is O=C(NCCN1CCOCC1)NCc1cccc(F)c1. The average molecular weight is 281 g/mol. The summed E-state index contributed by atoms with van der Waals surface area (Å²) in [6.07, 6.45) is 0. The molecular weight excluding hydrogens is 261 g/mol. The summed E-state index contributed by atoms with van der Waals surface area (Å²) in [6, 6.07) is 5.96. The lowest BCUT2D eigenvalue weighted by Crippen LogP contribution is -2.43. The standard InChI is InChI=1S/C14H20FN3O2/c15-13-3-1-2-12(10-13)11-17-14(19)16-4-5-18-6-8-20-9-7-18/h1-3,10H,4-9,11H2,(H2,16,17,19). The lowest BCUT2D eigenvalue weighted by Gasteiger charge is -2.26. The minimum atomic E-state index is -0.294. The molecule has 0 bridgehead atoms. The summed E-state index contributed by atoms with van der Waals surface area (Å²) in [6.45, 7) is 5.06. The van der Waals surface area contributed by atoms with Gasteiger partial charge in [0.15, 0.2) is 0 Å². The second-order valence-electron chi connectivity index (χ2n) is 4.69. The first-order valence-electron chi connectivity index (χ1n) is 6.80. The third-order valence-electron chi connectivity index (χ3n) is 3.16. The third kappa shape index (κ3) is 5.14. The Balaban J connectivity index is 1.60. The van der Waals surface area contributed by atoms with Crippen LogP contribution >= 0.6 is 0 Å². The van der Waals surface area contributed by atoms with Crippen molar-refractivity contribution < 1.29 is 13.9 Å². The zero-order valence-electron chi connectivity index (χ0n) is 11.4. The Kier molecular flexibility index (Phi) is 5.76. The van der Waals surface area contributed by atoms with Gasteiger partial charge < -0.3 is 15.4 Å². The van der Waals surface area contributed by atoms with E-state index in [9.17, 15) is 9.18 Å². The van der Waals surface area contributed by atoms with Crippen LogP contribution in [0.3, 0.4) is 0 Å². The summed E-state index contributed by atoms with van der Waals surface area (Å²) in [5.41, 5.74) is 0.744. The Bertz CT molecular complexity index is 436. The second-order valence-corrected chi connectivity index (χ2v) is 4.69. The van der Waals surface area contributed by atoms with E-state index in [0.717, 1.165) is 38.4 Å². The topological polar surface area (TPSA) is 53.6 Å². The smallest absolute Gasteiger partial charge is 0.315 e. The molecule has 0 unspecified atom stereocenters. The number of morpholine rings is 1. The number of nitrogens with one attached hydrogen (secondary N) is 2. The fourth-order valence-electron chi connectivity index (χ4n) is 2.04. The van der Waals surface area contributed by atoms with Crippen molar-refractivity contribution >= 4 is 6.03 Å². The monoisotopic (exact) mass is 281 g/mol. The van der Waals surface area contributed by atoms with Crippen LogP contribution in [0.2, 0.25) is 0 Å². The minimum absolute atomic E-state index is 0.234. The number of benzene rings is 1. The van der Waals surface area contributed by atoms with Gasteiger partial charge in [0, 0.05) is 32.7 Å². The average Bonchev–Trinajstić information content (AvgIpc) is 2.46. The Morgan fingerprint density at radius 2 is 2.10 bits per heavy atom. The van der Waals surface area contributed by atoms with Gasteiger partial charge in [-0.05, 0) is 17.7 Å². The fraction of sp³-hybridized carbons (Fsp3) is 0.500. The number of carbonyl (C=O) groups excluding carboxylic acids is 1. The van der Waals surface area contributed by atoms with Crippen molar-refractivity contribution in [3.8, 4) is 0 Å². The highest BCUT2D eigenvalue weighted by atomic mass is 19.1. The van der Waals surface area contributed by atoms with Gasteiger partial charge in [-0.15, -0.1) is 0 Å². The highest BCUT2D eigenvalue weighted by Crippen LogP contribution is 2.02. The summed E-state index contributed by atoms with van der Waals surface area (Å²) in [5, 5.41) is 5.49. The number of hydrogen-bond donors (Lipinski definition) is 2. The highest BCUT2D eigenvalue weighted by molar-refractivity contribution is 5.73. The molecular formula is C14H20FN3O2. The number of nitrogens with zero attached hydrogens (tertiary/aromatic N) is 1. The van der Waals surface area contributed by atoms with Crippen LogP contribution in [0.1, 0.15) is 5.56 Å². The number of ether oxygens (including phenoxy) is 1. The van der Waals surface area contributed by atoms with Crippen LogP contribution in [0.25, 0.3) is 0 Å². The van der Waals surface area contributed by atoms with E-state index in [1.165, 1.54) is 12.1 Å². The molecule has 0 atom stereocenters. The van der Waals surface area contributed by atoms with Crippen LogP contribution < -0.4 is 10.6 Å². The van der Waals surface area contributed by atoms with Crippen molar-refractivity contribution in [1.29, 1.82) is 0 Å². The van der Waals surface area contributed by atoms with Crippen molar-refractivity contribution in [3.05, 3.63) is 35.6 Å². The number of rotatable bonds is 5. The molecule has 0 spiro atoms. The molecule has 1 aliphatic heterocycles. The molecule has 5 nitrogen and oxygen atoms in total. The molecule has 0 aromatic heterocycles. The summed E-state index contributed by atoms with van der Waals surface area (Å²) in [4.78, 5) is 13.8. The molecule has 1 fully saturated rings. The van der Waals surface area contributed by atoms with Crippen molar-refractivity contribution in [2.24, 2.45) is 0 Å². The van der Waals surface area contributed by atoms with E-state index in [4.69, 9.17) is 4.74 Å².